The molecule has 2 nitrogen and oxygen atoms in total. The van der Waals surface area contributed by atoms with Crippen molar-refractivity contribution in [2.45, 2.75) is 6.42 Å². The molecule has 2 aromatic carbocycles. The molecule has 98 valence electrons. The van der Waals surface area contributed by atoms with Crippen LogP contribution >= 0.6 is 15.9 Å². The molecule has 2 rings (SSSR count). The minimum absolute atomic E-state index is 0.276. The Bertz CT molecular complexity index is 572. The van der Waals surface area contributed by atoms with E-state index in [2.05, 4.69) is 21.2 Å². The Balaban J connectivity index is 1.93. The van der Waals surface area contributed by atoms with Crippen molar-refractivity contribution in [3.8, 4) is 0 Å². The van der Waals surface area contributed by atoms with Crippen LogP contribution in [-0.2, 0) is 6.42 Å². The molecule has 0 aliphatic rings. The smallest absolute Gasteiger partial charge is 0.252 e. The summed E-state index contributed by atoms with van der Waals surface area (Å²) < 4.78 is 13.7. The van der Waals surface area contributed by atoms with Gasteiger partial charge in [0.05, 0.1) is 5.56 Å². The highest BCUT2D eigenvalue weighted by molar-refractivity contribution is 9.10. The summed E-state index contributed by atoms with van der Waals surface area (Å²) in [4.78, 5) is 11.9. The summed E-state index contributed by atoms with van der Waals surface area (Å²) in [6, 6.07) is 13.9. The van der Waals surface area contributed by atoms with E-state index in [0.29, 0.717) is 16.6 Å². The van der Waals surface area contributed by atoms with Crippen LogP contribution in [0.5, 0.6) is 0 Å². The van der Waals surface area contributed by atoms with Gasteiger partial charge in [-0.3, -0.25) is 4.79 Å². The van der Waals surface area contributed by atoms with Crippen LogP contribution in [0.1, 0.15) is 15.9 Å². The summed E-state index contributed by atoms with van der Waals surface area (Å²) >= 11 is 3.24. The molecule has 0 atom stereocenters. The monoisotopic (exact) mass is 321 g/mol. The predicted molar refractivity (Wildman–Crippen MR) is 76.6 cm³/mol. The van der Waals surface area contributed by atoms with Gasteiger partial charge in [-0.25, -0.2) is 4.39 Å². The van der Waals surface area contributed by atoms with E-state index in [9.17, 15) is 9.18 Å². The van der Waals surface area contributed by atoms with E-state index >= 15 is 0 Å². The lowest BCUT2D eigenvalue weighted by Crippen LogP contribution is -2.26. The highest BCUT2D eigenvalue weighted by Crippen LogP contribution is 2.17. The molecule has 0 aliphatic carbocycles. The predicted octanol–water partition coefficient (Wildman–Crippen LogP) is 3.56. The van der Waals surface area contributed by atoms with E-state index in [4.69, 9.17) is 0 Å². The Morgan fingerprint density at radius 3 is 2.63 bits per heavy atom. The number of carbonyl (C=O) groups excluding carboxylic acids is 1. The molecule has 0 bridgehead atoms. The third kappa shape index (κ3) is 3.89. The van der Waals surface area contributed by atoms with E-state index in [1.165, 1.54) is 18.2 Å². The van der Waals surface area contributed by atoms with Crippen molar-refractivity contribution in [3.63, 3.8) is 0 Å². The molecule has 0 spiro atoms. The molecular weight excluding hydrogens is 309 g/mol. The summed E-state index contributed by atoms with van der Waals surface area (Å²) in [5.74, 6) is -0.696. The Hall–Kier alpha value is -1.68. The van der Waals surface area contributed by atoms with Crippen molar-refractivity contribution >= 4 is 21.8 Å². The Morgan fingerprint density at radius 2 is 1.89 bits per heavy atom. The number of hydrogen-bond donors (Lipinski definition) is 1. The molecule has 0 saturated heterocycles. The maximum absolute atomic E-state index is 13.1. The normalized spacial score (nSPS) is 10.2. The topological polar surface area (TPSA) is 29.1 Å². The van der Waals surface area contributed by atoms with Gasteiger partial charge in [0.15, 0.2) is 0 Å². The molecule has 19 heavy (non-hydrogen) atoms. The van der Waals surface area contributed by atoms with E-state index in [1.807, 2.05) is 30.3 Å². The minimum atomic E-state index is -0.420. The summed E-state index contributed by atoms with van der Waals surface area (Å²) in [5.41, 5.74) is 1.47. The SMILES string of the molecule is O=C(NCCc1ccccc1)c1cc(F)ccc1Br. The standard InChI is InChI=1S/C15H13BrFNO/c16-14-7-6-12(17)10-13(14)15(19)18-9-8-11-4-2-1-3-5-11/h1-7,10H,8-9H2,(H,18,19). The molecule has 0 aliphatic heterocycles. The van der Waals surface area contributed by atoms with Gasteiger partial charge < -0.3 is 5.32 Å². The zero-order valence-electron chi connectivity index (χ0n) is 10.2. The largest absolute Gasteiger partial charge is 0.352 e. The first-order valence-corrected chi connectivity index (χ1v) is 6.73. The van der Waals surface area contributed by atoms with Gasteiger partial charge in [-0.15, -0.1) is 0 Å². The van der Waals surface area contributed by atoms with Crippen molar-refractivity contribution in [1.82, 2.24) is 5.32 Å². The van der Waals surface area contributed by atoms with Gasteiger partial charge in [0.25, 0.3) is 5.91 Å². The van der Waals surface area contributed by atoms with Crippen LogP contribution in [0.25, 0.3) is 0 Å². The molecule has 0 saturated carbocycles. The average Bonchev–Trinajstić information content (AvgIpc) is 2.42. The van der Waals surface area contributed by atoms with Gasteiger partial charge in [0.2, 0.25) is 0 Å². The number of hydrogen-bond acceptors (Lipinski definition) is 1. The summed E-state index contributed by atoms with van der Waals surface area (Å²) in [6.07, 6.45) is 0.750. The molecular formula is C15H13BrFNO. The van der Waals surface area contributed by atoms with Crippen molar-refractivity contribution in [1.29, 1.82) is 0 Å². The number of benzene rings is 2. The second-order valence-corrected chi connectivity index (χ2v) is 4.97. The molecule has 0 fully saturated rings. The summed E-state index contributed by atoms with van der Waals surface area (Å²) in [5, 5.41) is 2.78. The average molecular weight is 322 g/mol. The van der Waals surface area contributed by atoms with Crippen molar-refractivity contribution in [2.24, 2.45) is 0 Å². The lowest BCUT2D eigenvalue weighted by molar-refractivity contribution is 0.0953. The fourth-order valence-electron chi connectivity index (χ4n) is 1.73. The van der Waals surface area contributed by atoms with E-state index < -0.39 is 5.82 Å². The van der Waals surface area contributed by atoms with E-state index in [-0.39, 0.29) is 5.91 Å². The molecule has 4 heteroatoms. The number of halogens is 2. The second kappa shape index (κ2) is 6.48. The molecule has 0 radical (unpaired) electrons. The Morgan fingerprint density at radius 1 is 1.16 bits per heavy atom. The summed E-state index contributed by atoms with van der Waals surface area (Å²) in [7, 11) is 0. The van der Waals surface area contributed by atoms with Crippen LogP contribution in [-0.4, -0.2) is 12.5 Å². The molecule has 1 amide bonds. The van der Waals surface area contributed by atoms with E-state index in [1.54, 1.807) is 0 Å². The fourth-order valence-corrected chi connectivity index (χ4v) is 2.16. The first-order valence-electron chi connectivity index (χ1n) is 5.94. The fraction of sp³-hybridized carbons (Fsp3) is 0.133. The van der Waals surface area contributed by atoms with Crippen molar-refractivity contribution in [2.75, 3.05) is 6.54 Å². The maximum Gasteiger partial charge on any atom is 0.252 e. The zero-order chi connectivity index (χ0) is 13.7. The van der Waals surface area contributed by atoms with Crippen LogP contribution in [0.2, 0.25) is 0 Å². The quantitative estimate of drug-likeness (QED) is 0.916. The third-order valence-corrected chi connectivity index (χ3v) is 3.41. The summed E-state index contributed by atoms with van der Waals surface area (Å²) in [6.45, 7) is 0.520. The Kier molecular flexibility index (Phi) is 4.68. The molecule has 0 unspecified atom stereocenters. The van der Waals surface area contributed by atoms with Crippen molar-refractivity contribution < 1.29 is 9.18 Å². The molecule has 0 heterocycles. The minimum Gasteiger partial charge on any atom is -0.352 e. The van der Waals surface area contributed by atoms with Crippen LogP contribution < -0.4 is 5.32 Å². The molecule has 2 aromatic rings. The van der Waals surface area contributed by atoms with E-state index in [0.717, 1.165) is 12.0 Å². The molecule has 1 N–H and O–H groups in total. The highest BCUT2D eigenvalue weighted by Gasteiger charge is 2.10. The van der Waals surface area contributed by atoms with Crippen LogP contribution in [0.15, 0.2) is 53.0 Å². The van der Waals surface area contributed by atoms with Crippen molar-refractivity contribution in [3.05, 3.63) is 69.9 Å². The lowest BCUT2D eigenvalue weighted by Gasteiger charge is -2.07. The van der Waals surface area contributed by atoms with Crippen LogP contribution in [0.4, 0.5) is 4.39 Å². The van der Waals surface area contributed by atoms with Gasteiger partial charge in [-0.1, -0.05) is 30.3 Å². The number of nitrogens with one attached hydrogen (secondary N) is 1. The lowest BCUT2D eigenvalue weighted by atomic mass is 10.1. The zero-order valence-corrected chi connectivity index (χ0v) is 11.8. The molecule has 0 aromatic heterocycles. The Labute approximate surface area is 119 Å². The number of amides is 1. The first kappa shape index (κ1) is 13.7. The van der Waals surface area contributed by atoms with Gasteiger partial charge in [-0.05, 0) is 46.1 Å². The third-order valence-electron chi connectivity index (χ3n) is 2.72. The second-order valence-electron chi connectivity index (χ2n) is 4.12. The first-order chi connectivity index (χ1) is 9.16. The number of carbonyl (C=O) groups is 1. The van der Waals surface area contributed by atoms with Crippen LogP contribution in [0.3, 0.4) is 0 Å². The van der Waals surface area contributed by atoms with Gasteiger partial charge in [0.1, 0.15) is 5.82 Å². The van der Waals surface area contributed by atoms with Crippen LogP contribution in [0, 0.1) is 5.82 Å². The van der Waals surface area contributed by atoms with Gasteiger partial charge >= 0.3 is 0 Å². The maximum atomic E-state index is 13.1. The number of rotatable bonds is 4. The van der Waals surface area contributed by atoms with Gasteiger partial charge in [0, 0.05) is 11.0 Å². The highest BCUT2D eigenvalue weighted by atomic mass is 79.9. The van der Waals surface area contributed by atoms with Gasteiger partial charge in [-0.2, -0.15) is 0 Å².